The first-order valence-electron chi connectivity index (χ1n) is 12.6. The molecule has 37 heavy (non-hydrogen) atoms. The van der Waals surface area contributed by atoms with Gasteiger partial charge in [0.15, 0.2) is 5.03 Å². The Balaban J connectivity index is 2.22. The van der Waals surface area contributed by atoms with Crippen LogP contribution in [-0.2, 0) is 15.4 Å². The van der Waals surface area contributed by atoms with Gasteiger partial charge in [-0.15, -0.1) is 0 Å². The predicted octanol–water partition coefficient (Wildman–Crippen LogP) is 5.16. The molecule has 2 aromatic heterocycles. The minimum atomic E-state index is -4.25. The van der Waals surface area contributed by atoms with Crippen molar-refractivity contribution in [3.8, 4) is 0 Å². The Morgan fingerprint density at radius 2 is 1.81 bits per heavy atom. The van der Waals surface area contributed by atoms with Crippen LogP contribution < -0.4 is 15.4 Å². The van der Waals surface area contributed by atoms with E-state index in [0.717, 1.165) is 17.7 Å². The van der Waals surface area contributed by atoms with Crippen LogP contribution in [-0.4, -0.2) is 36.4 Å². The summed E-state index contributed by atoms with van der Waals surface area (Å²) in [6.07, 6.45) is 4.98. The van der Waals surface area contributed by atoms with Gasteiger partial charge in [0, 0.05) is 17.5 Å². The van der Waals surface area contributed by atoms with Crippen molar-refractivity contribution in [3.05, 3.63) is 47.2 Å². The average molecular weight is 528 g/mol. The van der Waals surface area contributed by atoms with Crippen LogP contribution in [0.3, 0.4) is 0 Å². The lowest BCUT2D eigenvalue weighted by Crippen LogP contribution is -2.44. The molecule has 3 N–H and O–H groups in total. The molecule has 0 saturated carbocycles. The van der Waals surface area contributed by atoms with Gasteiger partial charge < -0.3 is 10.6 Å². The Labute approximate surface area is 221 Å². The van der Waals surface area contributed by atoms with Crippen LogP contribution in [0.2, 0.25) is 0 Å². The first-order valence-corrected chi connectivity index (χ1v) is 14.1. The maximum absolute atomic E-state index is 13.7. The summed E-state index contributed by atoms with van der Waals surface area (Å²) in [7, 11) is -4.25. The number of nitrogen functional groups attached to an aromatic ring is 1. The molecule has 3 rings (SSSR count). The maximum Gasteiger partial charge on any atom is 0.281 e. The highest BCUT2D eigenvalue weighted by Crippen LogP contribution is 2.40. The number of sulfonamides is 1. The van der Waals surface area contributed by atoms with Gasteiger partial charge in [0.1, 0.15) is 11.6 Å². The largest absolute Gasteiger partial charge is 0.384 e. The van der Waals surface area contributed by atoms with Crippen molar-refractivity contribution in [2.24, 2.45) is 11.3 Å². The summed E-state index contributed by atoms with van der Waals surface area (Å²) in [5, 5.41) is -0.315. The van der Waals surface area contributed by atoms with Crippen LogP contribution in [0.1, 0.15) is 90.3 Å². The average Bonchev–Trinajstić information content (AvgIpc) is 3.02. The second-order valence-corrected chi connectivity index (χ2v) is 14.2. The second-order valence-electron chi connectivity index (χ2n) is 12.6. The molecular weight excluding hydrogens is 486 g/mol. The highest BCUT2D eigenvalue weighted by molar-refractivity contribution is 7.90. The van der Waals surface area contributed by atoms with Gasteiger partial charge >= 0.3 is 0 Å². The number of hydrogen-bond donors (Lipinski definition) is 2. The normalized spacial score (nSPS) is 18.4. The zero-order valence-corrected chi connectivity index (χ0v) is 24.3. The SMILES string of the molecule is CC1CCN(c2nc(C(C)(C)C)c(/C=C/C(C)(C)C)cc2C(=O)NS(=O)(=O)c2cccc(N)n2)C1(C)C. The summed E-state index contributed by atoms with van der Waals surface area (Å²) >= 11 is 0. The zero-order chi connectivity index (χ0) is 28.0. The smallest absolute Gasteiger partial charge is 0.281 e. The number of carbonyl (C=O) groups excluding carboxylic acids is 1. The van der Waals surface area contributed by atoms with Crippen molar-refractivity contribution >= 4 is 33.6 Å². The number of nitrogens with zero attached hydrogens (tertiary/aromatic N) is 3. The van der Waals surface area contributed by atoms with Gasteiger partial charge in [-0.1, -0.05) is 66.7 Å². The number of nitrogens with one attached hydrogen (secondary N) is 1. The van der Waals surface area contributed by atoms with E-state index in [9.17, 15) is 13.2 Å². The monoisotopic (exact) mass is 527 g/mol. The van der Waals surface area contributed by atoms with Gasteiger partial charge in [-0.2, -0.15) is 8.42 Å². The molecule has 1 aliphatic rings. The lowest BCUT2D eigenvalue weighted by molar-refractivity contribution is 0.0981. The number of nitrogens with two attached hydrogens (primary N) is 1. The number of amides is 1. The molecular formula is C28H41N5O3S. The number of anilines is 2. The topological polar surface area (TPSA) is 118 Å². The second kappa shape index (κ2) is 9.74. The molecule has 2 aromatic rings. The molecule has 1 saturated heterocycles. The minimum Gasteiger partial charge on any atom is -0.384 e. The number of allylic oxidation sites excluding steroid dienone is 1. The predicted molar refractivity (Wildman–Crippen MR) is 150 cm³/mol. The van der Waals surface area contributed by atoms with Crippen molar-refractivity contribution in [3.63, 3.8) is 0 Å². The molecule has 9 heteroatoms. The van der Waals surface area contributed by atoms with Gasteiger partial charge in [-0.3, -0.25) is 4.79 Å². The lowest BCUT2D eigenvalue weighted by atomic mass is 9.86. The van der Waals surface area contributed by atoms with E-state index in [1.54, 1.807) is 6.07 Å². The molecule has 0 bridgehead atoms. The molecule has 1 fully saturated rings. The van der Waals surface area contributed by atoms with E-state index < -0.39 is 15.9 Å². The first-order chi connectivity index (χ1) is 16.8. The number of aromatic nitrogens is 2. The number of carbonyl (C=O) groups is 1. The molecule has 0 aromatic carbocycles. The molecule has 8 nitrogen and oxygen atoms in total. The van der Waals surface area contributed by atoms with Gasteiger partial charge in [-0.05, 0) is 55.4 Å². The Kier molecular flexibility index (Phi) is 7.54. The Morgan fingerprint density at radius 3 is 2.32 bits per heavy atom. The van der Waals surface area contributed by atoms with Crippen LogP contribution in [0.4, 0.5) is 11.6 Å². The van der Waals surface area contributed by atoms with E-state index in [0.29, 0.717) is 18.3 Å². The van der Waals surface area contributed by atoms with E-state index in [2.05, 4.69) is 83.0 Å². The molecule has 1 amide bonds. The van der Waals surface area contributed by atoms with Crippen LogP contribution in [0.25, 0.3) is 6.08 Å². The molecule has 1 atom stereocenters. The van der Waals surface area contributed by atoms with Gasteiger partial charge in [-0.25, -0.2) is 14.7 Å². The van der Waals surface area contributed by atoms with Crippen molar-refractivity contribution < 1.29 is 13.2 Å². The lowest BCUT2D eigenvalue weighted by Gasteiger charge is -2.37. The van der Waals surface area contributed by atoms with Crippen LogP contribution in [0.15, 0.2) is 35.4 Å². The quantitative estimate of drug-likeness (QED) is 0.551. The van der Waals surface area contributed by atoms with Gasteiger partial charge in [0.25, 0.3) is 15.9 Å². The highest BCUT2D eigenvalue weighted by atomic mass is 32.2. The molecule has 0 spiro atoms. The standard InChI is InChI=1S/C28H41N5O3S/c1-18-14-16-33(28(18,8)9)24-20(25(34)32-37(35,36)22-12-10-11-21(29)30-22)17-19(13-15-26(2,3)4)23(31-24)27(5,6)7/h10-13,15,17-18H,14,16H2,1-9H3,(H2,29,30)(H,32,34)/b15-13+. The number of hydrogen-bond acceptors (Lipinski definition) is 7. The molecule has 202 valence electrons. The summed E-state index contributed by atoms with van der Waals surface area (Å²) in [6.45, 7) is 19.7. The van der Waals surface area contributed by atoms with E-state index in [4.69, 9.17) is 10.7 Å². The minimum absolute atomic E-state index is 0.0506. The van der Waals surface area contributed by atoms with E-state index in [-0.39, 0.29) is 32.8 Å². The van der Waals surface area contributed by atoms with Gasteiger partial charge in [0.05, 0.1) is 11.3 Å². The van der Waals surface area contributed by atoms with Gasteiger partial charge in [0.2, 0.25) is 0 Å². The Bertz CT molecular complexity index is 1320. The summed E-state index contributed by atoms with van der Waals surface area (Å²) in [5.74, 6) is 0.145. The summed E-state index contributed by atoms with van der Waals surface area (Å²) in [4.78, 5) is 24.8. The van der Waals surface area contributed by atoms with E-state index >= 15 is 0 Å². The summed E-state index contributed by atoms with van der Waals surface area (Å²) < 4.78 is 28.3. The van der Waals surface area contributed by atoms with Crippen LogP contribution in [0.5, 0.6) is 0 Å². The Morgan fingerprint density at radius 1 is 1.16 bits per heavy atom. The third-order valence-electron chi connectivity index (χ3n) is 6.94. The zero-order valence-electron chi connectivity index (χ0n) is 23.5. The fourth-order valence-electron chi connectivity index (χ4n) is 4.38. The van der Waals surface area contributed by atoms with Crippen molar-refractivity contribution in [1.29, 1.82) is 0 Å². The highest BCUT2D eigenvalue weighted by Gasteiger charge is 2.41. The molecule has 0 radical (unpaired) electrons. The fraction of sp³-hybridized carbons (Fsp3) is 0.536. The molecule has 1 aliphatic heterocycles. The summed E-state index contributed by atoms with van der Waals surface area (Å²) in [6, 6.07) is 6.03. The third kappa shape index (κ3) is 6.32. The van der Waals surface area contributed by atoms with Crippen molar-refractivity contribution in [1.82, 2.24) is 14.7 Å². The van der Waals surface area contributed by atoms with E-state index in [1.807, 2.05) is 6.08 Å². The van der Waals surface area contributed by atoms with Crippen molar-refractivity contribution in [2.45, 2.75) is 84.7 Å². The molecule has 3 heterocycles. The number of pyridine rings is 2. The summed E-state index contributed by atoms with van der Waals surface area (Å²) in [5.41, 5.74) is 6.83. The Hall–Kier alpha value is -2.94. The van der Waals surface area contributed by atoms with Crippen molar-refractivity contribution in [2.75, 3.05) is 17.2 Å². The molecule has 1 unspecified atom stereocenters. The van der Waals surface area contributed by atoms with E-state index in [1.165, 1.54) is 18.2 Å². The van der Waals surface area contributed by atoms with Crippen LogP contribution in [0, 0.1) is 11.3 Å². The fourth-order valence-corrected chi connectivity index (χ4v) is 5.32. The number of rotatable bonds is 5. The molecule has 0 aliphatic carbocycles. The first kappa shape index (κ1) is 28.6. The third-order valence-corrected chi connectivity index (χ3v) is 8.17. The maximum atomic E-state index is 13.7. The van der Waals surface area contributed by atoms with Crippen LogP contribution >= 0.6 is 0 Å².